The molecule has 1 atom stereocenters. The molecule has 3 rings (SSSR count). The van der Waals surface area contributed by atoms with Gasteiger partial charge in [0, 0.05) is 24.9 Å². The molecule has 84 valence electrons. The molecule has 0 aliphatic carbocycles. The van der Waals surface area contributed by atoms with Crippen LogP contribution in [0.15, 0.2) is 16.9 Å². The third kappa shape index (κ3) is 1.72. The first-order valence-electron chi connectivity index (χ1n) is 5.41. The van der Waals surface area contributed by atoms with E-state index in [0.717, 1.165) is 23.4 Å². The van der Waals surface area contributed by atoms with E-state index < -0.39 is 0 Å². The Bertz CT molecular complexity index is 503. The fraction of sp³-hybridized carbons (Fsp3) is 0.500. The molecule has 1 aliphatic rings. The summed E-state index contributed by atoms with van der Waals surface area (Å²) in [6, 6.07) is 0. The number of hydrogen-bond acceptors (Lipinski definition) is 4. The Kier molecular flexibility index (Phi) is 2.61. The van der Waals surface area contributed by atoms with Crippen LogP contribution < -0.4 is 5.32 Å². The van der Waals surface area contributed by atoms with Crippen molar-refractivity contribution in [1.82, 2.24) is 24.9 Å². The average Bonchev–Trinajstić information content (AvgIpc) is 2.73. The van der Waals surface area contributed by atoms with Crippen molar-refractivity contribution < 1.29 is 0 Å². The molecule has 0 radical (unpaired) electrons. The smallest absolute Gasteiger partial charge is 0.255 e. The minimum absolute atomic E-state index is 0.444. The second-order valence-corrected chi connectivity index (χ2v) is 4.96. The summed E-state index contributed by atoms with van der Waals surface area (Å²) in [5, 5.41) is 11.7. The largest absolute Gasteiger partial charge is 0.316 e. The van der Waals surface area contributed by atoms with Crippen LogP contribution >= 0.6 is 15.9 Å². The second-order valence-electron chi connectivity index (χ2n) is 4.04. The monoisotopic (exact) mass is 281 g/mol. The molecule has 2 aromatic rings. The highest BCUT2D eigenvalue weighted by molar-refractivity contribution is 9.10. The van der Waals surface area contributed by atoms with Gasteiger partial charge in [-0.15, -0.1) is 10.2 Å². The molecule has 2 aromatic heterocycles. The maximum Gasteiger partial charge on any atom is 0.255 e. The Morgan fingerprint density at radius 2 is 2.38 bits per heavy atom. The molecule has 3 heterocycles. The van der Waals surface area contributed by atoms with Gasteiger partial charge < -0.3 is 5.32 Å². The van der Waals surface area contributed by atoms with Gasteiger partial charge in [-0.1, -0.05) is 0 Å². The highest BCUT2D eigenvalue weighted by Crippen LogP contribution is 2.22. The quantitative estimate of drug-likeness (QED) is 0.858. The molecule has 1 unspecified atom stereocenters. The summed E-state index contributed by atoms with van der Waals surface area (Å²) in [6.45, 7) is 2.09. The number of hydrogen-bond donors (Lipinski definition) is 1. The molecular weight excluding hydrogens is 270 g/mol. The summed E-state index contributed by atoms with van der Waals surface area (Å²) >= 11 is 3.42. The Morgan fingerprint density at radius 3 is 3.19 bits per heavy atom. The molecule has 6 heteroatoms. The lowest BCUT2D eigenvalue weighted by Crippen LogP contribution is -2.29. The van der Waals surface area contributed by atoms with Gasteiger partial charge in [0.15, 0.2) is 0 Å². The van der Waals surface area contributed by atoms with E-state index in [1.165, 1.54) is 12.8 Å². The second kappa shape index (κ2) is 4.10. The molecule has 16 heavy (non-hydrogen) atoms. The molecule has 1 N–H and O–H groups in total. The molecule has 0 amide bonds. The first-order valence-corrected chi connectivity index (χ1v) is 6.21. The number of halogens is 1. The highest BCUT2D eigenvalue weighted by atomic mass is 79.9. The highest BCUT2D eigenvalue weighted by Gasteiger charge is 2.20. The van der Waals surface area contributed by atoms with E-state index in [1.54, 1.807) is 6.20 Å². The molecule has 1 fully saturated rings. The zero-order chi connectivity index (χ0) is 11.0. The lowest BCUT2D eigenvalue weighted by atomic mass is 9.99. The van der Waals surface area contributed by atoms with Gasteiger partial charge in [-0.3, -0.25) is 4.40 Å². The van der Waals surface area contributed by atoms with E-state index in [1.807, 2.05) is 10.6 Å². The van der Waals surface area contributed by atoms with Crippen LogP contribution in [0.5, 0.6) is 0 Å². The van der Waals surface area contributed by atoms with E-state index in [2.05, 4.69) is 36.4 Å². The average molecular weight is 282 g/mol. The fourth-order valence-electron chi connectivity index (χ4n) is 2.13. The first-order chi connectivity index (χ1) is 7.84. The van der Waals surface area contributed by atoms with Gasteiger partial charge in [-0.25, -0.2) is 4.98 Å². The maximum atomic E-state index is 4.25. The number of aromatic nitrogens is 4. The third-order valence-electron chi connectivity index (χ3n) is 2.92. The van der Waals surface area contributed by atoms with Crippen molar-refractivity contribution in [3.05, 3.63) is 22.7 Å². The minimum atomic E-state index is 0.444. The minimum Gasteiger partial charge on any atom is -0.316 e. The van der Waals surface area contributed by atoms with Crippen molar-refractivity contribution in [3.63, 3.8) is 0 Å². The van der Waals surface area contributed by atoms with Gasteiger partial charge in [0.25, 0.3) is 5.78 Å². The van der Waals surface area contributed by atoms with E-state index in [4.69, 9.17) is 0 Å². The zero-order valence-electron chi connectivity index (χ0n) is 8.73. The molecule has 0 saturated carbocycles. The summed E-state index contributed by atoms with van der Waals surface area (Å²) < 4.78 is 2.92. The molecule has 1 aliphatic heterocycles. The lowest BCUT2D eigenvalue weighted by molar-refractivity contribution is 0.444. The molecule has 0 aromatic carbocycles. The van der Waals surface area contributed by atoms with Gasteiger partial charge in [0.05, 0.1) is 4.47 Å². The Labute approximate surface area is 101 Å². The predicted octanol–water partition coefficient (Wildman–Crippen LogP) is 1.35. The standard InChI is InChI=1S/C10H12BrN5/c11-8-5-13-10-15-14-9(16(10)6-8)7-2-1-3-12-4-7/h5-7,12H,1-4H2. The van der Waals surface area contributed by atoms with Gasteiger partial charge in [-0.2, -0.15) is 0 Å². The van der Waals surface area contributed by atoms with Gasteiger partial charge in [-0.05, 0) is 35.3 Å². The number of rotatable bonds is 1. The van der Waals surface area contributed by atoms with Crippen LogP contribution in [0.25, 0.3) is 5.78 Å². The van der Waals surface area contributed by atoms with Gasteiger partial charge >= 0.3 is 0 Å². The van der Waals surface area contributed by atoms with Crippen LogP contribution in [0.2, 0.25) is 0 Å². The Hall–Kier alpha value is -1.01. The molecule has 5 nitrogen and oxygen atoms in total. The zero-order valence-corrected chi connectivity index (χ0v) is 10.3. The molecular formula is C10H12BrN5. The summed E-state index contributed by atoms with van der Waals surface area (Å²) in [5.74, 6) is 2.12. The number of fused-ring (bicyclic) bond motifs is 1. The van der Waals surface area contributed by atoms with Crippen molar-refractivity contribution in [3.8, 4) is 0 Å². The molecule has 1 saturated heterocycles. The lowest BCUT2D eigenvalue weighted by Gasteiger charge is -2.20. The van der Waals surface area contributed by atoms with Gasteiger partial charge in [0.1, 0.15) is 5.82 Å². The van der Waals surface area contributed by atoms with Crippen LogP contribution in [-0.4, -0.2) is 32.7 Å². The number of nitrogens with zero attached hydrogens (tertiary/aromatic N) is 4. The summed E-state index contributed by atoms with van der Waals surface area (Å²) in [7, 11) is 0. The van der Waals surface area contributed by atoms with E-state index in [-0.39, 0.29) is 0 Å². The normalized spacial score (nSPS) is 21.4. The van der Waals surface area contributed by atoms with Crippen LogP contribution in [0.4, 0.5) is 0 Å². The SMILES string of the molecule is Brc1cnc2nnc(C3CCCNC3)n2c1. The predicted molar refractivity (Wildman–Crippen MR) is 63.3 cm³/mol. The van der Waals surface area contributed by atoms with Crippen LogP contribution in [0.3, 0.4) is 0 Å². The molecule has 0 spiro atoms. The Morgan fingerprint density at radius 1 is 1.44 bits per heavy atom. The number of nitrogens with one attached hydrogen (secondary N) is 1. The van der Waals surface area contributed by atoms with Crippen molar-refractivity contribution in [2.45, 2.75) is 18.8 Å². The van der Waals surface area contributed by atoms with Crippen LogP contribution in [0, 0.1) is 0 Å². The summed E-state index contributed by atoms with van der Waals surface area (Å²) in [4.78, 5) is 4.22. The van der Waals surface area contributed by atoms with E-state index in [0.29, 0.717) is 11.7 Å². The first kappa shape index (κ1) is 10.2. The number of piperidine rings is 1. The fourth-order valence-corrected chi connectivity index (χ4v) is 2.44. The van der Waals surface area contributed by atoms with Crippen molar-refractivity contribution in [2.75, 3.05) is 13.1 Å². The van der Waals surface area contributed by atoms with Gasteiger partial charge in [0.2, 0.25) is 0 Å². The van der Waals surface area contributed by atoms with Crippen LogP contribution in [0.1, 0.15) is 24.6 Å². The summed E-state index contributed by atoms with van der Waals surface area (Å²) in [5.41, 5.74) is 0. The van der Waals surface area contributed by atoms with Crippen molar-refractivity contribution >= 4 is 21.7 Å². The maximum absolute atomic E-state index is 4.25. The molecule has 0 bridgehead atoms. The van der Waals surface area contributed by atoms with Crippen molar-refractivity contribution in [2.24, 2.45) is 0 Å². The van der Waals surface area contributed by atoms with Crippen molar-refractivity contribution in [1.29, 1.82) is 0 Å². The third-order valence-corrected chi connectivity index (χ3v) is 3.33. The van der Waals surface area contributed by atoms with E-state index >= 15 is 0 Å². The van der Waals surface area contributed by atoms with Crippen LogP contribution in [-0.2, 0) is 0 Å². The topological polar surface area (TPSA) is 55.1 Å². The summed E-state index contributed by atoms with van der Waals surface area (Å²) in [6.07, 6.45) is 6.08. The Balaban J connectivity index is 2.05. The van der Waals surface area contributed by atoms with E-state index in [9.17, 15) is 0 Å².